The van der Waals surface area contributed by atoms with E-state index >= 15 is 0 Å². The van der Waals surface area contributed by atoms with Crippen LogP contribution in [0.2, 0.25) is 0 Å². The number of nitrogens with one attached hydrogen (secondary N) is 1. The lowest BCUT2D eigenvalue weighted by Crippen LogP contribution is -2.29. The molecule has 1 N–H and O–H groups in total. The fourth-order valence-electron chi connectivity index (χ4n) is 3.51. The molecule has 0 spiro atoms. The minimum absolute atomic E-state index is 0.443. The van der Waals surface area contributed by atoms with Gasteiger partial charge in [0.05, 0.1) is 25.0 Å². The molecule has 2 aliphatic heterocycles. The number of hydrogen-bond acceptors (Lipinski definition) is 5. The molecule has 1 aliphatic carbocycles. The van der Waals surface area contributed by atoms with Crippen molar-refractivity contribution in [3.8, 4) is 11.5 Å². The first-order chi connectivity index (χ1) is 12.3. The predicted molar refractivity (Wildman–Crippen MR) is 103 cm³/mol. The van der Waals surface area contributed by atoms with Crippen molar-refractivity contribution in [1.82, 2.24) is 5.43 Å². The second-order valence-corrected chi connectivity index (χ2v) is 7.90. The molecule has 25 heavy (non-hydrogen) atoms. The lowest BCUT2D eigenvalue weighted by Gasteiger charge is -2.26. The summed E-state index contributed by atoms with van der Waals surface area (Å²) in [6.45, 7) is 3.73. The van der Waals surface area contributed by atoms with E-state index in [0.29, 0.717) is 25.2 Å². The molecule has 134 valence electrons. The number of nitrogens with zero attached hydrogens (tertiary/aromatic N) is 2. The first-order valence-electron chi connectivity index (χ1n) is 9.23. The Morgan fingerprint density at radius 2 is 1.96 bits per heavy atom. The number of amidine groups is 1. The maximum atomic E-state index is 5.78. The van der Waals surface area contributed by atoms with Gasteiger partial charge >= 0.3 is 0 Å². The number of ether oxygens (including phenoxy) is 2. The molecule has 3 aliphatic rings. The summed E-state index contributed by atoms with van der Waals surface area (Å²) in [5.41, 5.74) is 5.26. The molecule has 2 heterocycles. The third-order valence-corrected chi connectivity index (χ3v) is 5.95. The number of thioether (sulfide) groups is 1. The van der Waals surface area contributed by atoms with Crippen molar-refractivity contribution < 1.29 is 9.47 Å². The van der Waals surface area contributed by atoms with Gasteiger partial charge in [-0.3, -0.25) is 10.4 Å². The van der Waals surface area contributed by atoms with E-state index in [0.717, 1.165) is 40.1 Å². The van der Waals surface area contributed by atoms with Crippen LogP contribution in [0.1, 0.15) is 44.6 Å². The molecule has 0 aromatic heterocycles. The third-order valence-electron chi connectivity index (χ3n) is 5.06. The normalized spacial score (nSPS) is 28.0. The Morgan fingerprint density at radius 3 is 2.76 bits per heavy atom. The molecule has 4 rings (SSSR count). The fourth-order valence-corrected chi connectivity index (χ4v) is 4.34. The third kappa shape index (κ3) is 3.94. The van der Waals surface area contributed by atoms with Crippen LogP contribution in [0.3, 0.4) is 0 Å². The summed E-state index contributed by atoms with van der Waals surface area (Å²) < 4.78 is 11.5. The van der Waals surface area contributed by atoms with Crippen molar-refractivity contribution >= 4 is 22.6 Å². The monoisotopic (exact) mass is 359 g/mol. The van der Waals surface area contributed by atoms with Gasteiger partial charge < -0.3 is 9.47 Å². The van der Waals surface area contributed by atoms with Gasteiger partial charge in [-0.05, 0) is 37.0 Å². The van der Waals surface area contributed by atoms with Crippen LogP contribution >= 0.6 is 11.8 Å². The topological polar surface area (TPSA) is 55.2 Å². The van der Waals surface area contributed by atoms with Gasteiger partial charge in [0, 0.05) is 17.7 Å². The van der Waals surface area contributed by atoms with E-state index in [1.54, 1.807) is 11.8 Å². The van der Waals surface area contributed by atoms with Crippen LogP contribution in [0.25, 0.3) is 0 Å². The van der Waals surface area contributed by atoms with Gasteiger partial charge in [-0.2, -0.15) is 5.10 Å². The average Bonchev–Trinajstić information content (AvgIpc) is 2.89. The second kappa shape index (κ2) is 7.68. The van der Waals surface area contributed by atoms with E-state index in [-0.39, 0.29) is 0 Å². The highest BCUT2D eigenvalue weighted by molar-refractivity contribution is 8.14. The summed E-state index contributed by atoms with van der Waals surface area (Å²) in [5.74, 6) is 3.15. The molecule has 2 atom stereocenters. The van der Waals surface area contributed by atoms with Gasteiger partial charge in [-0.1, -0.05) is 31.5 Å². The summed E-state index contributed by atoms with van der Waals surface area (Å²) in [6.07, 6.45) is 6.04. The first kappa shape index (κ1) is 16.8. The summed E-state index contributed by atoms with van der Waals surface area (Å²) in [5, 5.41) is 5.52. The van der Waals surface area contributed by atoms with Crippen molar-refractivity contribution in [2.45, 2.75) is 45.1 Å². The van der Waals surface area contributed by atoms with Crippen molar-refractivity contribution in [3.05, 3.63) is 23.8 Å². The van der Waals surface area contributed by atoms with Crippen LogP contribution in [-0.4, -0.2) is 35.9 Å². The average molecular weight is 359 g/mol. The van der Waals surface area contributed by atoms with Gasteiger partial charge in [-0.25, -0.2) is 0 Å². The smallest absolute Gasteiger partial charge is 0.177 e. The largest absolute Gasteiger partial charge is 0.490 e. The number of rotatable bonds is 2. The number of benzene rings is 1. The highest BCUT2D eigenvalue weighted by Crippen LogP contribution is 2.32. The zero-order valence-corrected chi connectivity index (χ0v) is 15.5. The minimum atomic E-state index is 0.443. The Kier molecular flexibility index (Phi) is 5.15. The van der Waals surface area contributed by atoms with Gasteiger partial charge in [0.25, 0.3) is 0 Å². The lowest BCUT2D eigenvalue weighted by molar-refractivity contribution is 0.297. The molecule has 0 bridgehead atoms. The van der Waals surface area contributed by atoms with Gasteiger partial charge in [0.1, 0.15) is 0 Å². The van der Waals surface area contributed by atoms with Gasteiger partial charge in [0.2, 0.25) is 0 Å². The van der Waals surface area contributed by atoms with E-state index in [4.69, 9.17) is 14.5 Å². The van der Waals surface area contributed by atoms with Gasteiger partial charge in [0.15, 0.2) is 16.7 Å². The quantitative estimate of drug-likeness (QED) is 0.872. The minimum Gasteiger partial charge on any atom is -0.490 e. The van der Waals surface area contributed by atoms with Crippen molar-refractivity contribution in [2.24, 2.45) is 16.0 Å². The number of aliphatic imine (C=N–C) groups is 1. The van der Waals surface area contributed by atoms with Crippen LogP contribution in [0.4, 0.5) is 0 Å². The molecule has 1 aromatic carbocycles. The van der Waals surface area contributed by atoms with Crippen molar-refractivity contribution in [3.63, 3.8) is 0 Å². The van der Waals surface area contributed by atoms with E-state index in [9.17, 15) is 0 Å². The number of fused-ring (bicyclic) bond motifs is 1. The Bertz CT molecular complexity index is 689. The lowest BCUT2D eigenvalue weighted by atomic mass is 9.86. The summed E-state index contributed by atoms with van der Waals surface area (Å²) >= 11 is 1.74. The first-order valence-corrected chi connectivity index (χ1v) is 10.2. The van der Waals surface area contributed by atoms with Crippen LogP contribution in [0.15, 0.2) is 28.3 Å². The van der Waals surface area contributed by atoms with Gasteiger partial charge in [-0.15, -0.1) is 0 Å². The van der Waals surface area contributed by atoms with E-state index in [2.05, 4.69) is 23.5 Å². The summed E-state index contributed by atoms with van der Waals surface area (Å²) in [7, 11) is 0. The number of hydrogen-bond donors (Lipinski definition) is 1. The van der Waals surface area contributed by atoms with Crippen LogP contribution in [0.5, 0.6) is 11.5 Å². The Hall–Kier alpha value is -1.69. The van der Waals surface area contributed by atoms with Crippen molar-refractivity contribution in [1.29, 1.82) is 0 Å². The molecule has 0 saturated heterocycles. The SMILES string of the molecule is C[C@@H]1CCCC[C@H]1N=C1NN=C(c2ccc3c(c2)OCCCO3)CS1. The maximum absolute atomic E-state index is 5.78. The highest BCUT2D eigenvalue weighted by atomic mass is 32.2. The Labute approximate surface area is 153 Å². The number of hydrazone groups is 1. The van der Waals surface area contributed by atoms with E-state index < -0.39 is 0 Å². The molecular weight excluding hydrogens is 334 g/mol. The molecule has 6 heteroatoms. The standard InChI is InChI=1S/C19H25N3O2S/c1-13-5-2-3-6-15(13)20-19-22-21-16(12-25-19)14-7-8-17-18(11-14)24-10-4-9-23-17/h7-8,11,13,15H,2-6,9-10,12H2,1H3,(H,20,22)/t13-,15-/m1/s1. The zero-order valence-electron chi connectivity index (χ0n) is 14.7. The van der Waals surface area contributed by atoms with E-state index in [1.807, 2.05) is 12.1 Å². The summed E-state index contributed by atoms with van der Waals surface area (Å²) in [6, 6.07) is 6.52. The summed E-state index contributed by atoms with van der Waals surface area (Å²) in [4.78, 5) is 4.90. The molecule has 1 saturated carbocycles. The molecule has 0 amide bonds. The molecule has 0 radical (unpaired) electrons. The zero-order chi connectivity index (χ0) is 17.1. The van der Waals surface area contributed by atoms with Crippen LogP contribution < -0.4 is 14.9 Å². The Morgan fingerprint density at radius 1 is 1.12 bits per heavy atom. The van der Waals surface area contributed by atoms with Crippen LogP contribution in [-0.2, 0) is 0 Å². The van der Waals surface area contributed by atoms with E-state index in [1.165, 1.54) is 25.7 Å². The Balaban J connectivity index is 1.46. The maximum Gasteiger partial charge on any atom is 0.177 e. The van der Waals surface area contributed by atoms with Crippen LogP contribution in [0, 0.1) is 5.92 Å². The predicted octanol–water partition coefficient (Wildman–Crippen LogP) is 3.82. The second-order valence-electron chi connectivity index (χ2n) is 6.93. The molecule has 1 fully saturated rings. The highest BCUT2D eigenvalue weighted by Gasteiger charge is 2.23. The fraction of sp³-hybridized carbons (Fsp3) is 0.579. The molecule has 1 aromatic rings. The van der Waals surface area contributed by atoms with Crippen molar-refractivity contribution in [2.75, 3.05) is 19.0 Å². The molecule has 0 unspecified atom stereocenters. The molecule has 5 nitrogen and oxygen atoms in total. The molecular formula is C19H25N3O2S.